The minimum absolute atomic E-state index is 0.0686. The van der Waals surface area contributed by atoms with Crippen LogP contribution in [0.25, 0.3) is 0 Å². The number of amides is 1. The lowest BCUT2D eigenvalue weighted by molar-refractivity contribution is -0.147. The van der Waals surface area contributed by atoms with Crippen molar-refractivity contribution in [3.8, 4) is 5.75 Å². The fourth-order valence-electron chi connectivity index (χ4n) is 2.61. The largest absolute Gasteiger partial charge is 0.481 e. The molecule has 0 aliphatic heterocycles. The molecule has 0 fully saturated rings. The molecule has 0 bridgehead atoms. The molecule has 0 aliphatic carbocycles. The highest BCUT2D eigenvalue weighted by molar-refractivity contribution is 5.95. The van der Waals surface area contributed by atoms with Crippen molar-refractivity contribution in [2.75, 3.05) is 13.6 Å². The van der Waals surface area contributed by atoms with Crippen LogP contribution in [0.5, 0.6) is 5.75 Å². The number of benzene rings is 1. The van der Waals surface area contributed by atoms with Crippen LogP contribution in [0.15, 0.2) is 40.8 Å². The van der Waals surface area contributed by atoms with E-state index < -0.39 is 36.3 Å². The van der Waals surface area contributed by atoms with E-state index in [9.17, 15) is 19.2 Å². The van der Waals surface area contributed by atoms with Gasteiger partial charge in [-0.3, -0.25) is 19.9 Å². The Bertz CT molecular complexity index is 1010. The molecule has 1 amide bonds. The molecule has 0 saturated heterocycles. The summed E-state index contributed by atoms with van der Waals surface area (Å²) in [6, 6.07) is 7.42. The molecule has 32 heavy (non-hydrogen) atoms. The summed E-state index contributed by atoms with van der Waals surface area (Å²) < 4.78 is 10.6. The molecule has 2 rings (SSSR count). The zero-order valence-electron chi connectivity index (χ0n) is 17.0. The van der Waals surface area contributed by atoms with E-state index >= 15 is 0 Å². The molecule has 0 saturated carbocycles. The predicted molar refractivity (Wildman–Crippen MR) is 109 cm³/mol. The number of rotatable bonds is 11. The van der Waals surface area contributed by atoms with E-state index in [2.05, 4.69) is 5.32 Å². The van der Waals surface area contributed by atoms with Crippen molar-refractivity contribution < 1.29 is 38.5 Å². The Hall–Kier alpha value is -4.19. The number of aliphatic carboxylic acids is 2. The van der Waals surface area contributed by atoms with Gasteiger partial charge >= 0.3 is 17.9 Å². The maximum absolute atomic E-state index is 12.2. The van der Waals surface area contributed by atoms with Gasteiger partial charge < -0.3 is 30.4 Å². The van der Waals surface area contributed by atoms with E-state index in [1.807, 2.05) is 0 Å². The number of amidine groups is 1. The number of nitrogens with one attached hydrogen (secondary N) is 2. The minimum atomic E-state index is -1.54. The molecule has 1 heterocycles. The SMILES string of the molecule is CN(CC(=O)N[C@@H](CC(=O)O)C(=O)O)Cc1ccc(C(=O)Oc2ccc(C(=N)N)cc2)o1. The summed E-state index contributed by atoms with van der Waals surface area (Å²) in [6.45, 7) is -0.114. The van der Waals surface area contributed by atoms with Crippen LogP contribution in [-0.4, -0.2) is 64.4 Å². The summed E-state index contributed by atoms with van der Waals surface area (Å²) in [5.74, 6) is -3.82. The highest BCUT2D eigenvalue weighted by atomic mass is 16.5. The van der Waals surface area contributed by atoms with E-state index in [-0.39, 0.29) is 30.4 Å². The topological polar surface area (TPSA) is 196 Å². The van der Waals surface area contributed by atoms with Crippen molar-refractivity contribution in [1.29, 1.82) is 5.41 Å². The zero-order valence-corrected chi connectivity index (χ0v) is 17.0. The Morgan fingerprint density at radius 3 is 2.38 bits per heavy atom. The number of nitrogens with two attached hydrogens (primary N) is 1. The van der Waals surface area contributed by atoms with E-state index in [0.29, 0.717) is 11.3 Å². The maximum Gasteiger partial charge on any atom is 0.379 e. The molecular formula is C20H22N4O8. The number of carboxylic acid groups (broad SMARTS) is 2. The summed E-state index contributed by atoms with van der Waals surface area (Å²) in [6.07, 6.45) is -0.744. The van der Waals surface area contributed by atoms with Crippen LogP contribution < -0.4 is 15.8 Å². The van der Waals surface area contributed by atoms with Crippen LogP contribution in [0.4, 0.5) is 0 Å². The Balaban J connectivity index is 1.89. The Kier molecular flexibility index (Phi) is 8.07. The van der Waals surface area contributed by atoms with Crippen LogP contribution >= 0.6 is 0 Å². The van der Waals surface area contributed by atoms with Crippen LogP contribution in [0.3, 0.4) is 0 Å². The average molecular weight is 446 g/mol. The van der Waals surface area contributed by atoms with Crippen molar-refractivity contribution in [3.63, 3.8) is 0 Å². The number of nitrogen functional groups attached to an aromatic ring is 1. The van der Waals surface area contributed by atoms with Crippen LogP contribution in [-0.2, 0) is 20.9 Å². The monoisotopic (exact) mass is 446 g/mol. The maximum atomic E-state index is 12.2. The van der Waals surface area contributed by atoms with Crippen molar-refractivity contribution in [1.82, 2.24) is 10.2 Å². The number of esters is 1. The summed E-state index contributed by atoms with van der Waals surface area (Å²) in [7, 11) is 1.56. The van der Waals surface area contributed by atoms with Crippen molar-refractivity contribution in [3.05, 3.63) is 53.5 Å². The number of carbonyl (C=O) groups excluding carboxylic acids is 2. The lowest BCUT2D eigenvalue weighted by Crippen LogP contribution is -2.45. The predicted octanol–water partition coefficient (Wildman–Crippen LogP) is 0.259. The van der Waals surface area contributed by atoms with Crippen molar-refractivity contribution in [2.24, 2.45) is 5.73 Å². The molecule has 6 N–H and O–H groups in total. The Morgan fingerprint density at radius 1 is 1.16 bits per heavy atom. The lowest BCUT2D eigenvalue weighted by Gasteiger charge is -2.17. The van der Waals surface area contributed by atoms with E-state index in [1.54, 1.807) is 7.05 Å². The number of nitrogens with zero attached hydrogens (tertiary/aromatic N) is 1. The lowest BCUT2D eigenvalue weighted by atomic mass is 10.2. The summed E-state index contributed by atoms with van der Waals surface area (Å²) >= 11 is 0. The van der Waals surface area contributed by atoms with Crippen LogP contribution in [0, 0.1) is 5.41 Å². The van der Waals surface area contributed by atoms with E-state index in [1.165, 1.54) is 41.3 Å². The summed E-state index contributed by atoms with van der Waals surface area (Å²) in [5.41, 5.74) is 5.85. The number of carboxylic acids is 2. The van der Waals surface area contributed by atoms with Gasteiger partial charge in [0.15, 0.2) is 0 Å². The minimum Gasteiger partial charge on any atom is -0.481 e. The van der Waals surface area contributed by atoms with Gasteiger partial charge in [-0.15, -0.1) is 0 Å². The van der Waals surface area contributed by atoms with Crippen LogP contribution in [0.2, 0.25) is 0 Å². The van der Waals surface area contributed by atoms with Gasteiger partial charge in [-0.25, -0.2) is 9.59 Å². The first-order valence-corrected chi connectivity index (χ1v) is 9.23. The normalized spacial score (nSPS) is 11.6. The van der Waals surface area contributed by atoms with E-state index in [4.69, 9.17) is 30.5 Å². The molecular weight excluding hydrogens is 424 g/mol. The first-order chi connectivity index (χ1) is 15.0. The zero-order chi connectivity index (χ0) is 23.8. The first-order valence-electron chi connectivity index (χ1n) is 9.23. The Morgan fingerprint density at radius 2 is 1.81 bits per heavy atom. The number of hydrogen-bond donors (Lipinski definition) is 5. The van der Waals surface area contributed by atoms with Gasteiger partial charge in [0.05, 0.1) is 19.5 Å². The molecule has 1 aromatic heterocycles. The molecule has 0 aliphatic rings. The molecule has 1 aromatic carbocycles. The van der Waals surface area contributed by atoms with Gasteiger partial charge in [0.25, 0.3) is 0 Å². The number of furan rings is 1. The molecule has 12 nitrogen and oxygen atoms in total. The van der Waals surface area contributed by atoms with E-state index in [0.717, 1.165) is 0 Å². The van der Waals surface area contributed by atoms with Gasteiger partial charge in [0.1, 0.15) is 23.4 Å². The van der Waals surface area contributed by atoms with Gasteiger partial charge in [0.2, 0.25) is 11.7 Å². The van der Waals surface area contributed by atoms with Gasteiger partial charge in [-0.1, -0.05) is 0 Å². The number of likely N-dealkylation sites (N-methyl/N-ethyl adjacent to an activating group) is 1. The summed E-state index contributed by atoms with van der Waals surface area (Å²) in [4.78, 5) is 47.4. The van der Waals surface area contributed by atoms with Crippen LogP contribution in [0.1, 0.15) is 28.3 Å². The molecule has 0 radical (unpaired) electrons. The highest BCUT2D eigenvalue weighted by Gasteiger charge is 2.23. The third kappa shape index (κ3) is 7.25. The molecule has 0 unspecified atom stereocenters. The second-order valence-electron chi connectivity index (χ2n) is 6.82. The fourth-order valence-corrected chi connectivity index (χ4v) is 2.61. The fraction of sp³-hybridized carbons (Fsp3) is 0.250. The first kappa shape index (κ1) is 24.1. The summed E-state index contributed by atoms with van der Waals surface area (Å²) in [5, 5.41) is 27.2. The Labute approximate surface area is 182 Å². The average Bonchev–Trinajstić information content (AvgIpc) is 3.15. The standard InChI is InChI=1S/C20H22N4O8/c1-24(10-16(25)23-14(19(28)29)8-17(26)27)9-13-6-7-15(31-13)20(30)32-12-4-2-11(3-5-12)18(21)22/h2-7,14H,8-10H2,1H3,(H3,21,22)(H,23,25)(H,26,27)(H,28,29)/t14-/m0/s1. The third-order valence-corrected chi connectivity index (χ3v) is 4.09. The van der Waals surface area contributed by atoms with Crippen molar-refractivity contribution >= 4 is 29.7 Å². The second kappa shape index (κ2) is 10.7. The highest BCUT2D eigenvalue weighted by Crippen LogP contribution is 2.16. The second-order valence-corrected chi connectivity index (χ2v) is 6.82. The smallest absolute Gasteiger partial charge is 0.379 e. The molecule has 12 heteroatoms. The van der Waals surface area contributed by atoms with Gasteiger partial charge in [-0.05, 0) is 43.4 Å². The number of carbonyl (C=O) groups is 4. The molecule has 2 aromatic rings. The number of hydrogen-bond acceptors (Lipinski definition) is 8. The van der Waals surface area contributed by atoms with Gasteiger partial charge in [0, 0.05) is 5.56 Å². The third-order valence-electron chi connectivity index (χ3n) is 4.09. The molecule has 1 atom stereocenters. The quantitative estimate of drug-likeness (QED) is 0.138. The van der Waals surface area contributed by atoms with Crippen molar-refractivity contribution in [2.45, 2.75) is 19.0 Å². The molecule has 170 valence electrons. The van der Waals surface area contributed by atoms with Gasteiger partial charge in [-0.2, -0.15) is 0 Å². The number of ether oxygens (including phenoxy) is 1. The molecule has 0 spiro atoms.